The molecule has 3 heterocycles. The molecule has 4 rings (SSSR count). The molecule has 0 fully saturated rings. The Bertz CT molecular complexity index is 1140. The summed E-state index contributed by atoms with van der Waals surface area (Å²) >= 11 is 2.87. The highest BCUT2D eigenvalue weighted by Gasteiger charge is 2.14. The van der Waals surface area contributed by atoms with Crippen molar-refractivity contribution in [3.63, 3.8) is 0 Å². The lowest BCUT2D eigenvalue weighted by atomic mass is 10.2. The molecule has 0 aliphatic heterocycles. The number of hydrogen-bond acceptors (Lipinski definition) is 8. The normalized spacial score (nSPS) is 10.8. The fourth-order valence-electron chi connectivity index (χ4n) is 2.63. The first kappa shape index (κ1) is 19.2. The molecule has 148 valence electrons. The van der Waals surface area contributed by atoms with Gasteiger partial charge in [-0.1, -0.05) is 17.8 Å². The molecular formula is C19H17N5O3S2. The molecule has 0 unspecified atom stereocenters. The Balaban J connectivity index is 1.47. The molecule has 10 heteroatoms. The van der Waals surface area contributed by atoms with Crippen LogP contribution < -0.4 is 14.8 Å². The Hall–Kier alpha value is -3.11. The molecule has 0 atom stereocenters. The molecule has 1 aromatic carbocycles. The molecule has 1 amide bonds. The zero-order valence-electron chi connectivity index (χ0n) is 15.7. The summed E-state index contributed by atoms with van der Waals surface area (Å²) < 4.78 is 12.1. The molecule has 4 aromatic rings. The number of thioether (sulfide) groups is 1. The maximum atomic E-state index is 12.4. The van der Waals surface area contributed by atoms with Crippen molar-refractivity contribution in [2.45, 2.75) is 5.16 Å². The highest BCUT2D eigenvalue weighted by Crippen LogP contribution is 2.29. The minimum atomic E-state index is -0.190. The molecule has 0 bridgehead atoms. The zero-order chi connectivity index (χ0) is 20.2. The summed E-state index contributed by atoms with van der Waals surface area (Å²) in [7, 11) is 3.11. The molecule has 0 aliphatic carbocycles. The van der Waals surface area contributed by atoms with E-state index in [2.05, 4.69) is 20.6 Å². The van der Waals surface area contributed by atoms with E-state index in [1.807, 2.05) is 29.6 Å². The van der Waals surface area contributed by atoms with Crippen LogP contribution in [0.4, 0.5) is 5.69 Å². The number of nitrogens with one attached hydrogen (secondary N) is 1. The van der Waals surface area contributed by atoms with E-state index in [1.165, 1.54) is 11.8 Å². The summed E-state index contributed by atoms with van der Waals surface area (Å²) in [4.78, 5) is 13.5. The third kappa shape index (κ3) is 4.17. The van der Waals surface area contributed by atoms with Crippen LogP contribution in [0.1, 0.15) is 0 Å². The van der Waals surface area contributed by atoms with Crippen molar-refractivity contribution in [2.75, 3.05) is 25.3 Å². The number of methoxy groups -OCH3 is 2. The van der Waals surface area contributed by atoms with Crippen molar-refractivity contribution < 1.29 is 14.3 Å². The third-order valence-corrected chi connectivity index (χ3v) is 5.83. The van der Waals surface area contributed by atoms with Crippen LogP contribution in [-0.2, 0) is 4.79 Å². The van der Waals surface area contributed by atoms with Gasteiger partial charge in [-0.05, 0) is 35.7 Å². The summed E-state index contributed by atoms with van der Waals surface area (Å²) in [5.74, 6) is 1.14. The molecule has 1 N–H and O–H groups in total. The molecule has 29 heavy (non-hydrogen) atoms. The summed E-state index contributed by atoms with van der Waals surface area (Å²) in [6, 6.07) is 13.0. The number of fused-ring (bicyclic) bond motifs is 1. The van der Waals surface area contributed by atoms with Crippen LogP contribution in [0.25, 0.3) is 16.2 Å². The Morgan fingerprint density at radius 1 is 1.17 bits per heavy atom. The maximum Gasteiger partial charge on any atom is 0.234 e. The number of aromatic nitrogens is 4. The first-order chi connectivity index (χ1) is 14.2. The SMILES string of the molecule is COc1ccc(NC(=O)CSc2nnc3ccc(-c4cccs4)nn23)c(OC)c1. The standard InChI is InChI=1S/C19H17N5O3S2/c1-26-12-5-6-13(15(10-12)27-2)20-18(25)11-29-19-22-21-17-8-7-14(23-24(17)19)16-4-3-9-28-16/h3-10H,11H2,1-2H3,(H,20,25). The number of hydrogen-bond donors (Lipinski definition) is 1. The van der Waals surface area contributed by atoms with E-state index < -0.39 is 0 Å². The van der Waals surface area contributed by atoms with Crippen molar-refractivity contribution in [1.82, 2.24) is 19.8 Å². The van der Waals surface area contributed by atoms with E-state index in [1.54, 1.807) is 48.3 Å². The number of ether oxygens (including phenoxy) is 2. The second-order valence-corrected chi connectivity index (χ2v) is 7.74. The number of carbonyl (C=O) groups excluding carboxylic acids is 1. The Morgan fingerprint density at radius 3 is 2.83 bits per heavy atom. The second-order valence-electron chi connectivity index (χ2n) is 5.85. The average Bonchev–Trinajstić information content (AvgIpc) is 3.42. The minimum Gasteiger partial charge on any atom is -0.497 e. The number of nitrogens with zero attached hydrogens (tertiary/aromatic N) is 4. The van der Waals surface area contributed by atoms with Gasteiger partial charge in [-0.2, -0.15) is 9.61 Å². The lowest BCUT2D eigenvalue weighted by molar-refractivity contribution is -0.113. The molecule has 0 aliphatic rings. The molecular weight excluding hydrogens is 410 g/mol. The third-order valence-electron chi connectivity index (χ3n) is 4.02. The summed E-state index contributed by atoms with van der Waals surface area (Å²) in [5.41, 5.74) is 2.04. The number of thiophene rings is 1. The van der Waals surface area contributed by atoms with Crippen LogP contribution >= 0.6 is 23.1 Å². The van der Waals surface area contributed by atoms with Crippen molar-refractivity contribution in [1.29, 1.82) is 0 Å². The van der Waals surface area contributed by atoms with Gasteiger partial charge in [0.1, 0.15) is 17.2 Å². The van der Waals surface area contributed by atoms with Crippen molar-refractivity contribution in [3.05, 3.63) is 47.8 Å². The predicted octanol–water partition coefficient (Wildman–Crippen LogP) is 3.60. The largest absolute Gasteiger partial charge is 0.497 e. The van der Waals surface area contributed by atoms with Crippen LogP contribution in [0.5, 0.6) is 11.5 Å². The lowest BCUT2D eigenvalue weighted by Crippen LogP contribution is -2.15. The van der Waals surface area contributed by atoms with Gasteiger partial charge in [0.2, 0.25) is 11.1 Å². The highest BCUT2D eigenvalue weighted by atomic mass is 32.2. The van der Waals surface area contributed by atoms with Gasteiger partial charge in [0, 0.05) is 6.07 Å². The number of anilines is 1. The topological polar surface area (TPSA) is 90.6 Å². The van der Waals surface area contributed by atoms with Crippen LogP contribution in [0.2, 0.25) is 0 Å². The quantitative estimate of drug-likeness (QED) is 0.451. The van der Waals surface area contributed by atoms with Gasteiger partial charge >= 0.3 is 0 Å². The van der Waals surface area contributed by atoms with Crippen LogP contribution in [0.3, 0.4) is 0 Å². The van der Waals surface area contributed by atoms with E-state index in [-0.39, 0.29) is 11.7 Å². The molecule has 8 nitrogen and oxygen atoms in total. The monoisotopic (exact) mass is 427 g/mol. The van der Waals surface area contributed by atoms with E-state index >= 15 is 0 Å². The van der Waals surface area contributed by atoms with Gasteiger partial charge < -0.3 is 14.8 Å². The Kier molecular flexibility index (Phi) is 5.63. The molecule has 0 saturated carbocycles. The van der Waals surface area contributed by atoms with E-state index in [9.17, 15) is 4.79 Å². The van der Waals surface area contributed by atoms with Crippen LogP contribution in [0.15, 0.2) is 53.0 Å². The zero-order valence-corrected chi connectivity index (χ0v) is 17.3. The van der Waals surface area contributed by atoms with Gasteiger partial charge in [0.25, 0.3) is 0 Å². The van der Waals surface area contributed by atoms with Crippen LogP contribution in [-0.4, -0.2) is 45.7 Å². The fraction of sp³-hybridized carbons (Fsp3) is 0.158. The molecule has 0 radical (unpaired) electrons. The minimum absolute atomic E-state index is 0.154. The molecule has 0 spiro atoms. The van der Waals surface area contributed by atoms with Crippen molar-refractivity contribution >= 4 is 40.3 Å². The first-order valence-corrected chi connectivity index (χ1v) is 10.5. The number of rotatable bonds is 7. The smallest absolute Gasteiger partial charge is 0.234 e. The maximum absolute atomic E-state index is 12.4. The van der Waals surface area contributed by atoms with Crippen molar-refractivity contribution in [2.24, 2.45) is 0 Å². The van der Waals surface area contributed by atoms with Gasteiger partial charge in [0.05, 0.1) is 30.5 Å². The van der Waals surface area contributed by atoms with Gasteiger partial charge in [-0.3, -0.25) is 4.79 Å². The highest BCUT2D eigenvalue weighted by molar-refractivity contribution is 7.99. The average molecular weight is 428 g/mol. The van der Waals surface area contributed by atoms with E-state index in [0.29, 0.717) is 28.0 Å². The lowest BCUT2D eigenvalue weighted by Gasteiger charge is -2.11. The summed E-state index contributed by atoms with van der Waals surface area (Å²) in [6.45, 7) is 0. The van der Waals surface area contributed by atoms with E-state index in [4.69, 9.17) is 9.47 Å². The van der Waals surface area contributed by atoms with Crippen LogP contribution in [0, 0.1) is 0 Å². The summed E-state index contributed by atoms with van der Waals surface area (Å²) in [6.07, 6.45) is 0. The summed E-state index contributed by atoms with van der Waals surface area (Å²) in [5, 5.41) is 18.3. The predicted molar refractivity (Wildman–Crippen MR) is 113 cm³/mol. The van der Waals surface area contributed by atoms with Gasteiger partial charge in [-0.15, -0.1) is 21.5 Å². The Labute approximate surface area is 174 Å². The molecule has 3 aromatic heterocycles. The van der Waals surface area contributed by atoms with Gasteiger partial charge in [0.15, 0.2) is 5.65 Å². The molecule has 0 saturated heterocycles. The second kappa shape index (κ2) is 8.50. The number of benzene rings is 1. The fourth-order valence-corrected chi connectivity index (χ4v) is 4.01. The number of amides is 1. The van der Waals surface area contributed by atoms with E-state index in [0.717, 1.165) is 10.6 Å². The number of carbonyl (C=O) groups is 1. The van der Waals surface area contributed by atoms with Gasteiger partial charge in [-0.25, -0.2) is 0 Å². The Morgan fingerprint density at radius 2 is 2.07 bits per heavy atom. The van der Waals surface area contributed by atoms with Crippen molar-refractivity contribution in [3.8, 4) is 22.1 Å². The first-order valence-electron chi connectivity index (χ1n) is 8.59.